The Balaban J connectivity index is 2.39. The molecule has 15 heavy (non-hydrogen) atoms. The molecule has 1 aliphatic rings. The molecule has 1 atom stereocenters. The number of amidine groups is 1. The van der Waals surface area contributed by atoms with Gasteiger partial charge in [-0.3, -0.25) is 0 Å². The highest BCUT2D eigenvalue weighted by molar-refractivity contribution is 5.82. The van der Waals surface area contributed by atoms with Gasteiger partial charge in [-0.05, 0) is 26.4 Å². The third-order valence-corrected chi connectivity index (χ3v) is 2.39. The molecule has 0 bridgehead atoms. The van der Waals surface area contributed by atoms with Gasteiger partial charge < -0.3 is 15.5 Å². The average molecular weight is 213 g/mol. The Morgan fingerprint density at radius 3 is 3.07 bits per heavy atom. The number of carbonyl (C=O) groups excluding carboxylic acids is 1. The van der Waals surface area contributed by atoms with Crippen molar-refractivity contribution < 1.29 is 9.63 Å². The molecule has 0 saturated carbocycles. The fraction of sp³-hybridized carbons (Fsp3) is 0.778. The van der Waals surface area contributed by atoms with Gasteiger partial charge in [0.05, 0.1) is 12.5 Å². The molecule has 1 fully saturated rings. The summed E-state index contributed by atoms with van der Waals surface area (Å²) in [7, 11) is 1.97. The summed E-state index contributed by atoms with van der Waals surface area (Å²) in [6, 6.07) is 0. The number of hydrogen-bond donors (Lipinski definition) is 1. The van der Waals surface area contributed by atoms with Crippen LogP contribution in [0.2, 0.25) is 0 Å². The maximum atomic E-state index is 11.5. The normalized spacial score (nSPS) is 23.9. The number of oxime groups is 1. The second kappa shape index (κ2) is 5.67. The summed E-state index contributed by atoms with van der Waals surface area (Å²) >= 11 is 0. The first kappa shape index (κ1) is 11.9. The Labute approximate surface area is 89.2 Å². The Bertz CT molecular complexity index is 254. The molecule has 0 aromatic heterocycles. The van der Waals surface area contributed by atoms with Crippen LogP contribution in [0.4, 0.5) is 0 Å². The minimum atomic E-state index is -0.349. The molecular weight excluding hydrogens is 196 g/mol. The van der Waals surface area contributed by atoms with E-state index in [0.717, 1.165) is 19.4 Å². The van der Waals surface area contributed by atoms with Crippen LogP contribution in [0.15, 0.2) is 5.16 Å². The Morgan fingerprint density at radius 2 is 2.47 bits per heavy atom. The number of carbonyl (C=O) groups is 1. The highest BCUT2D eigenvalue weighted by Crippen LogP contribution is 2.16. The van der Waals surface area contributed by atoms with Crippen molar-refractivity contribution >= 4 is 11.8 Å². The maximum absolute atomic E-state index is 11.5. The fourth-order valence-electron chi connectivity index (χ4n) is 1.57. The standard InChI is InChI=1S/C9H17N4O2/c1-13-4-2-3-7(6-13)9(14)15-12-8(11)5-10/h7,10H,2-6H2,1H3,(H2,11,12). The largest absolute Gasteiger partial charge is 0.383 e. The lowest BCUT2D eigenvalue weighted by molar-refractivity contribution is -0.150. The third kappa shape index (κ3) is 3.85. The van der Waals surface area contributed by atoms with E-state index in [1.807, 2.05) is 7.05 Å². The second-order valence-corrected chi connectivity index (χ2v) is 3.77. The maximum Gasteiger partial charge on any atom is 0.339 e. The Morgan fingerprint density at radius 1 is 1.73 bits per heavy atom. The molecule has 1 rings (SSSR count). The first-order valence-electron chi connectivity index (χ1n) is 5.00. The lowest BCUT2D eigenvalue weighted by atomic mass is 9.99. The first-order valence-corrected chi connectivity index (χ1v) is 5.00. The van der Waals surface area contributed by atoms with E-state index in [2.05, 4.69) is 14.9 Å². The zero-order valence-electron chi connectivity index (χ0n) is 8.90. The van der Waals surface area contributed by atoms with Crippen LogP contribution in [0, 0.1) is 5.92 Å². The number of rotatable bonds is 3. The van der Waals surface area contributed by atoms with E-state index >= 15 is 0 Å². The van der Waals surface area contributed by atoms with Gasteiger partial charge in [0, 0.05) is 6.54 Å². The fourth-order valence-corrected chi connectivity index (χ4v) is 1.57. The minimum Gasteiger partial charge on any atom is -0.383 e. The van der Waals surface area contributed by atoms with Gasteiger partial charge in [0.2, 0.25) is 0 Å². The molecular formula is C9H17N4O2. The summed E-state index contributed by atoms with van der Waals surface area (Å²) in [4.78, 5) is 18.2. The number of nitrogens with one attached hydrogen (secondary N) is 1. The number of likely N-dealkylation sites (tertiary alicyclic amines) is 1. The molecule has 0 aliphatic carbocycles. The molecule has 0 spiro atoms. The van der Waals surface area contributed by atoms with Gasteiger partial charge >= 0.3 is 5.97 Å². The number of nitrogens with zero attached hydrogens (tertiary/aromatic N) is 2. The van der Waals surface area contributed by atoms with Crippen LogP contribution >= 0.6 is 0 Å². The van der Waals surface area contributed by atoms with Crippen molar-refractivity contribution in [3.63, 3.8) is 0 Å². The molecule has 0 amide bonds. The summed E-state index contributed by atoms with van der Waals surface area (Å²) in [6.45, 7) is 1.56. The molecule has 1 heterocycles. The molecule has 1 unspecified atom stereocenters. The smallest absolute Gasteiger partial charge is 0.339 e. The number of nitrogens with two attached hydrogens (primary N) is 1. The van der Waals surface area contributed by atoms with Gasteiger partial charge in [-0.2, -0.15) is 0 Å². The molecule has 6 heteroatoms. The molecule has 6 nitrogen and oxygen atoms in total. The van der Waals surface area contributed by atoms with Gasteiger partial charge in [-0.25, -0.2) is 10.5 Å². The van der Waals surface area contributed by atoms with Crippen LogP contribution in [0.3, 0.4) is 0 Å². The number of hydrogen-bond acceptors (Lipinski definition) is 4. The third-order valence-electron chi connectivity index (χ3n) is 2.39. The quantitative estimate of drug-likeness (QED) is 0.294. The van der Waals surface area contributed by atoms with Crippen molar-refractivity contribution in [3.8, 4) is 0 Å². The van der Waals surface area contributed by atoms with Crippen molar-refractivity contribution in [2.75, 3.05) is 26.7 Å². The van der Waals surface area contributed by atoms with E-state index in [1.165, 1.54) is 0 Å². The zero-order chi connectivity index (χ0) is 11.3. The average Bonchev–Trinajstić information content (AvgIpc) is 2.25. The van der Waals surface area contributed by atoms with Crippen LogP contribution in [0.5, 0.6) is 0 Å². The molecule has 1 saturated heterocycles. The predicted molar refractivity (Wildman–Crippen MR) is 55.9 cm³/mol. The lowest BCUT2D eigenvalue weighted by Gasteiger charge is -2.27. The van der Waals surface area contributed by atoms with Gasteiger partial charge in [0.25, 0.3) is 0 Å². The number of piperidine rings is 1. The Kier molecular flexibility index (Phi) is 4.51. The zero-order valence-corrected chi connectivity index (χ0v) is 8.90. The molecule has 0 aromatic carbocycles. The van der Waals surface area contributed by atoms with Crippen LogP contribution in [0.1, 0.15) is 12.8 Å². The summed E-state index contributed by atoms with van der Waals surface area (Å²) < 4.78 is 0. The predicted octanol–water partition coefficient (Wildman–Crippen LogP) is -0.573. The molecule has 85 valence electrons. The molecule has 3 N–H and O–H groups in total. The van der Waals surface area contributed by atoms with E-state index in [4.69, 9.17) is 11.5 Å². The second-order valence-electron chi connectivity index (χ2n) is 3.77. The van der Waals surface area contributed by atoms with Crippen LogP contribution in [0.25, 0.3) is 0 Å². The van der Waals surface area contributed by atoms with Crippen LogP contribution < -0.4 is 11.5 Å². The summed E-state index contributed by atoms with van der Waals surface area (Å²) in [5.41, 5.74) is 12.1. The lowest BCUT2D eigenvalue weighted by Crippen LogP contribution is -2.36. The molecule has 1 aliphatic heterocycles. The van der Waals surface area contributed by atoms with Crippen molar-refractivity contribution in [2.24, 2.45) is 16.8 Å². The van der Waals surface area contributed by atoms with E-state index < -0.39 is 0 Å². The van der Waals surface area contributed by atoms with Crippen LogP contribution in [-0.4, -0.2) is 43.4 Å². The highest BCUT2D eigenvalue weighted by Gasteiger charge is 2.25. The van der Waals surface area contributed by atoms with Crippen molar-refractivity contribution in [1.82, 2.24) is 10.6 Å². The molecule has 0 aromatic rings. The van der Waals surface area contributed by atoms with Gasteiger partial charge in [0.1, 0.15) is 0 Å². The SMILES string of the molecule is CN1CCCC(C(=O)O/N=C(/N)C[NH])C1. The van der Waals surface area contributed by atoms with Gasteiger partial charge in [-0.15, -0.1) is 0 Å². The summed E-state index contributed by atoms with van der Waals surface area (Å²) in [6.07, 6.45) is 1.83. The Hall–Kier alpha value is -1.14. The van der Waals surface area contributed by atoms with E-state index in [0.29, 0.717) is 6.54 Å². The summed E-state index contributed by atoms with van der Waals surface area (Å²) in [5.74, 6) is -0.448. The molecule has 1 radical (unpaired) electrons. The van der Waals surface area contributed by atoms with Crippen molar-refractivity contribution in [1.29, 1.82) is 0 Å². The highest BCUT2D eigenvalue weighted by atomic mass is 16.7. The van der Waals surface area contributed by atoms with E-state index in [1.54, 1.807) is 0 Å². The monoisotopic (exact) mass is 213 g/mol. The van der Waals surface area contributed by atoms with E-state index in [-0.39, 0.29) is 24.3 Å². The van der Waals surface area contributed by atoms with Crippen molar-refractivity contribution in [3.05, 3.63) is 0 Å². The van der Waals surface area contributed by atoms with Crippen LogP contribution in [-0.2, 0) is 9.63 Å². The van der Waals surface area contributed by atoms with E-state index in [9.17, 15) is 4.79 Å². The first-order chi connectivity index (χ1) is 7.13. The van der Waals surface area contributed by atoms with Gasteiger partial charge in [-0.1, -0.05) is 5.16 Å². The summed E-state index contributed by atoms with van der Waals surface area (Å²) in [5, 5.41) is 3.38. The topological polar surface area (TPSA) is 91.7 Å². The van der Waals surface area contributed by atoms with Crippen molar-refractivity contribution in [2.45, 2.75) is 12.8 Å². The minimum absolute atomic E-state index is 0.0208. The van der Waals surface area contributed by atoms with Gasteiger partial charge in [0.15, 0.2) is 5.84 Å².